The number of ether oxygens (including phenoxy) is 1. The number of alkyl carbamates (subject to hydrolysis) is 1. The van der Waals surface area contributed by atoms with Gasteiger partial charge in [0, 0.05) is 30.1 Å². The molecule has 3 N–H and O–H groups in total. The van der Waals surface area contributed by atoms with E-state index in [-0.39, 0.29) is 12.1 Å². The van der Waals surface area contributed by atoms with Crippen molar-refractivity contribution in [2.24, 2.45) is 5.73 Å². The molecule has 2 unspecified atom stereocenters. The highest BCUT2D eigenvalue weighted by molar-refractivity contribution is 7.09. The van der Waals surface area contributed by atoms with Crippen LogP contribution in [0.1, 0.15) is 32.6 Å². The Morgan fingerprint density at radius 2 is 2.18 bits per heavy atom. The molecule has 1 heterocycles. The zero-order chi connectivity index (χ0) is 16.8. The predicted molar refractivity (Wildman–Crippen MR) is 92.3 cm³/mol. The number of thiophene rings is 1. The fourth-order valence-corrected chi connectivity index (χ4v) is 2.96. The van der Waals surface area contributed by atoms with Crippen LogP contribution >= 0.6 is 11.3 Å². The van der Waals surface area contributed by atoms with Crippen molar-refractivity contribution in [1.29, 1.82) is 0 Å². The molecule has 0 spiro atoms. The van der Waals surface area contributed by atoms with Crippen LogP contribution in [-0.4, -0.2) is 48.8 Å². The summed E-state index contributed by atoms with van der Waals surface area (Å²) in [6.07, 6.45) is 0.592. The van der Waals surface area contributed by atoms with Crippen molar-refractivity contribution >= 4 is 17.4 Å². The maximum Gasteiger partial charge on any atom is 0.407 e. The van der Waals surface area contributed by atoms with Crippen LogP contribution in [0.25, 0.3) is 0 Å². The number of carbonyl (C=O) groups is 1. The third-order valence-electron chi connectivity index (χ3n) is 3.42. The van der Waals surface area contributed by atoms with Crippen LogP contribution in [0.2, 0.25) is 0 Å². The summed E-state index contributed by atoms with van der Waals surface area (Å²) in [5.41, 5.74) is 5.40. The van der Waals surface area contributed by atoms with Gasteiger partial charge in [-0.15, -0.1) is 11.3 Å². The Morgan fingerprint density at radius 1 is 1.50 bits per heavy atom. The van der Waals surface area contributed by atoms with E-state index in [1.54, 1.807) is 11.3 Å². The van der Waals surface area contributed by atoms with E-state index in [4.69, 9.17) is 10.5 Å². The number of nitrogens with one attached hydrogen (secondary N) is 1. The lowest BCUT2D eigenvalue weighted by atomic mass is 10.1. The van der Waals surface area contributed by atoms with Gasteiger partial charge in [0.05, 0.1) is 0 Å². The first-order valence-electron chi connectivity index (χ1n) is 7.65. The highest BCUT2D eigenvalue weighted by atomic mass is 32.1. The maximum atomic E-state index is 11.9. The summed E-state index contributed by atoms with van der Waals surface area (Å²) in [5.74, 6) is 0. The largest absolute Gasteiger partial charge is 0.444 e. The summed E-state index contributed by atoms with van der Waals surface area (Å²) in [7, 11) is 2.04. The second kappa shape index (κ2) is 8.50. The van der Waals surface area contributed by atoms with Crippen LogP contribution in [-0.2, 0) is 11.2 Å². The summed E-state index contributed by atoms with van der Waals surface area (Å²) in [6, 6.07) is 4.20. The van der Waals surface area contributed by atoms with E-state index in [1.165, 1.54) is 4.88 Å². The minimum absolute atomic E-state index is 0.0758. The molecule has 0 saturated carbocycles. The van der Waals surface area contributed by atoms with Gasteiger partial charge in [-0.25, -0.2) is 4.79 Å². The monoisotopic (exact) mass is 327 g/mol. The summed E-state index contributed by atoms with van der Waals surface area (Å²) in [6.45, 7) is 8.91. The van der Waals surface area contributed by atoms with Gasteiger partial charge < -0.3 is 15.8 Å². The van der Waals surface area contributed by atoms with Crippen molar-refractivity contribution in [1.82, 2.24) is 10.2 Å². The molecule has 1 amide bonds. The van der Waals surface area contributed by atoms with Crippen LogP contribution < -0.4 is 11.1 Å². The van der Waals surface area contributed by atoms with E-state index < -0.39 is 11.7 Å². The SMILES string of the molecule is CC(NC(=O)OC(C)(C)C)C(CN)N(C)CCc1cccs1. The number of amides is 1. The van der Waals surface area contributed by atoms with E-state index >= 15 is 0 Å². The van der Waals surface area contributed by atoms with Crippen molar-refractivity contribution in [2.75, 3.05) is 20.1 Å². The Balaban J connectivity index is 2.48. The summed E-state index contributed by atoms with van der Waals surface area (Å²) in [4.78, 5) is 15.4. The Morgan fingerprint density at radius 3 is 2.68 bits per heavy atom. The van der Waals surface area contributed by atoms with Crippen molar-refractivity contribution in [3.63, 3.8) is 0 Å². The third kappa shape index (κ3) is 6.77. The second-order valence-corrected chi connectivity index (χ2v) is 7.58. The number of hydrogen-bond acceptors (Lipinski definition) is 5. The van der Waals surface area contributed by atoms with Crippen LogP contribution in [0.15, 0.2) is 17.5 Å². The summed E-state index contributed by atoms with van der Waals surface area (Å²) >= 11 is 1.76. The lowest BCUT2D eigenvalue weighted by Crippen LogP contribution is -2.53. The lowest BCUT2D eigenvalue weighted by Gasteiger charge is -2.32. The van der Waals surface area contributed by atoms with E-state index in [1.807, 2.05) is 34.7 Å². The Bertz CT molecular complexity index is 443. The van der Waals surface area contributed by atoms with Crippen molar-refractivity contribution in [3.05, 3.63) is 22.4 Å². The molecule has 0 aromatic carbocycles. The van der Waals surface area contributed by atoms with Crippen molar-refractivity contribution in [3.8, 4) is 0 Å². The first-order chi connectivity index (χ1) is 10.2. The number of nitrogens with zero attached hydrogens (tertiary/aromatic N) is 1. The van der Waals surface area contributed by atoms with Gasteiger partial charge in [0.1, 0.15) is 5.60 Å². The van der Waals surface area contributed by atoms with Gasteiger partial charge in [0.2, 0.25) is 0 Å². The summed E-state index contributed by atoms with van der Waals surface area (Å²) < 4.78 is 5.29. The van der Waals surface area contributed by atoms with Gasteiger partial charge in [-0.2, -0.15) is 0 Å². The standard InChI is InChI=1S/C16H29N3O2S/c1-12(18-15(20)21-16(2,3)4)14(11-17)19(5)9-8-13-7-6-10-22-13/h6-7,10,12,14H,8-9,11,17H2,1-5H3,(H,18,20). The first kappa shape index (κ1) is 18.9. The molecular formula is C16H29N3O2S. The lowest BCUT2D eigenvalue weighted by molar-refractivity contribution is 0.0478. The van der Waals surface area contributed by atoms with Gasteiger partial charge in [-0.3, -0.25) is 4.90 Å². The molecule has 126 valence electrons. The second-order valence-electron chi connectivity index (χ2n) is 6.55. The number of carbonyl (C=O) groups excluding carboxylic acids is 1. The zero-order valence-electron chi connectivity index (χ0n) is 14.3. The van der Waals surface area contributed by atoms with Gasteiger partial charge >= 0.3 is 6.09 Å². The average Bonchev–Trinajstić information content (AvgIpc) is 2.87. The molecule has 0 saturated heterocycles. The number of hydrogen-bond donors (Lipinski definition) is 2. The molecule has 1 aromatic heterocycles. The van der Waals surface area contributed by atoms with Gasteiger partial charge in [-0.05, 0) is 52.6 Å². The normalized spacial score (nSPS) is 14.7. The quantitative estimate of drug-likeness (QED) is 0.807. The van der Waals surface area contributed by atoms with Crippen molar-refractivity contribution < 1.29 is 9.53 Å². The minimum Gasteiger partial charge on any atom is -0.444 e. The molecular weight excluding hydrogens is 298 g/mol. The summed E-state index contributed by atoms with van der Waals surface area (Å²) in [5, 5.41) is 4.97. The zero-order valence-corrected chi connectivity index (χ0v) is 15.1. The maximum absolute atomic E-state index is 11.9. The highest BCUT2D eigenvalue weighted by Gasteiger charge is 2.24. The third-order valence-corrected chi connectivity index (χ3v) is 4.36. The Hall–Kier alpha value is -1.11. The average molecular weight is 327 g/mol. The molecule has 2 atom stereocenters. The molecule has 0 aliphatic heterocycles. The van der Waals surface area contributed by atoms with Crippen molar-refractivity contribution in [2.45, 2.75) is 51.8 Å². The number of likely N-dealkylation sites (N-methyl/N-ethyl adjacent to an activating group) is 1. The van der Waals surface area contributed by atoms with Crippen LogP contribution in [0.3, 0.4) is 0 Å². The minimum atomic E-state index is -0.493. The van der Waals surface area contributed by atoms with Crippen LogP contribution in [0, 0.1) is 0 Å². The molecule has 0 bridgehead atoms. The van der Waals surface area contributed by atoms with Crippen LogP contribution in [0.5, 0.6) is 0 Å². The van der Waals surface area contributed by atoms with Crippen LogP contribution in [0.4, 0.5) is 4.79 Å². The Labute approximate surface area is 137 Å². The molecule has 22 heavy (non-hydrogen) atoms. The smallest absolute Gasteiger partial charge is 0.407 e. The van der Waals surface area contributed by atoms with E-state index in [9.17, 15) is 4.79 Å². The topological polar surface area (TPSA) is 67.6 Å². The molecule has 1 aromatic rings. The van der Waals surface area contributed by atoms with E-state index in [0.717, 1.165) is 13.0 Å². The number of rotatable bonds is 7. The molecule has 5 nitrogen and oxygen atoms in total. The van der Waals surface area contributed by atoms with Gasteiger partial charge in [0.15, 0.2) is 0 Å². The molecule has 0 radical (unpaired) electrons. The highest BCUT2D eigenvalue weighted by Crippen LogP contribution is 2.12. The predicted octanol–water partition coefficient (Wildman–Crippen LogP) is 2.46. The Kier molecular flexibility index (Phi) is 7.32. The molecule has 0 aliphatic carbocycles. The number of nitrogens with two attached hydrogens (primary N) is 1. The fraction of sp³-hybridized carbons (Fsp3) is 0.688. The fourth-order valence-electron chi connectivity index (χ4n) is 2.26. The first-order valence-corrected chi connectivity index (χ1v) is 8.53. The molecule has 0 aliphatic rings. The van der Waals surface area contributed by atoms with E-state index in [0.29, 0.717) is 6.54 Å². The molecule has 0 fully saturated rings. The van der Waals surface area contributed by atoms with E-state index in [2.05, 4.69) is 27.7 Å². The van der Waals surface area contributed by atoms with Gasteiger partial charge in [-0.1, -0.05) is 6.07 Å². The molecule has 6 heteroatoms. The van der Waals surface area contributed by atoms with Gasteiger partial charge in [0.25, 0.3) is 0 Å². The molecule has 1 rings (SSSR count).